The van der Waals surface area contributed by atoms with Crippen LogP contribution in [-0.2, 0) is 6.54 Å². The number of aliphatic hydroxyl groups is 1. The number of nitrogens with one attached hydrogen (secondary N) is 1. The highest BCUT2D eigenvalue weighted by Crippen LogP contribution is 2.17. The number of amides is 1. The van der Waals surface area contributed by atoms with Crippen LogP contribution in [0.5, 0.6) is 5.75 Å². The maximum Gasteiger partial charge on any atom is 0.255 e. The Balaban J connectivity index is 1.97. The van der Waals surface area contributed by atoms with Gasteiger partial charge in [-0.05, 0) is 24.3 Å². The standard InChI is InChI=1S/C15H13NO3S/c17-9-3-4-11-7-8-12(20-11)10-16-15(19)13-5-1-2-6-14(13)18/h1-2,5-8,17-18H,9-10H2,(H,16,19). The average Bonchev–Trinajstić information content (AvgIpc) is 2.91. The smallest absolute Gasteiger partial charge is 0.255 e. The van der Waals surface area contributed by atoms with E-state index in [0.29, 0.717) is 6.54 Å². The molecule has 102 valence electrons. The zero-order chi connectivity index (χ0) is 14.4. The number of phenols is 1. The second kappa shape index (κ2) is 6.75. The molecule has 0 saturated carbocycles. The van der Waals surface area contributed by atoms with E-state index in [0.717, 1.165) is 9.75 Å². The van der Waals surface area contributed by atoms with Crippen LogP contribution in [0.2, 0.25) is 0 Å². The molecule has 0 saturated heterocycles. The van der Waals surface area contributed by atoms with Gasteiger partial charge in [0.05, 0.1) is 17.0 Å². The average molecular weight is 287 g/mol. The van der Waals surface area contributed by atoms with E-state index in [1.165, 1.54) is 17.4 Å². The molecule has 0 aliphatic rings. The second-order valence-corrected chi connectivity index (χ2v) is 5.09. The molecule has 0 fully saturated rings. The number of para-hydroxylation sites is 1. The number of aliphatic hydroxyl groups excluding tert-OH is 1. The van der Waals surface area contributed by atoms with Crippen molar-refractivity contribution in [1.29, 1.82) is 0 Å². The molecule has 2 rings (SSSR count). The molecule has 1 heterocycles. The summed E-state index contributed by atoms with van der Waals surface area (Å²) in [6.45, 7) is 0.204. The normalized spacial score (nSPS) is 9.65. The van der Waals surface area contributed by atoms with Crippen LogP contribution in [0.15, 0.2) is 36.4 Å². The van der Waals surface area contributed by atoms with Gasteiger partial charge in [0.15, 0.2) is 0 Å². The highest BCUT2D eigenvalue weighted by molar-refractivity contribution is 7.12. The maximum absolute atomic E-state index is 11.9. The Morgan fingerprint density at radius 1 is 1.25 bits per heavy atom. The van der Waals surface area contributed by atoms with Crippen LogP contribution in [0.1, 0.15) is 20.1 Å². The highest BCUT2D eigenvalue weighted by Gasteiger charge is 2.09. The van der Waals surface area contributed by atoms with E-state index >= 15 is 0 Å². The maximum atomic E-state index is 11.9. The lowest BCUT2D eigenvalue weighted by atomic mass is 10.2. The van der Waals surface area contributed by atoms with E-state index in [-0.39, 0.29) is 23.8 Å². The number of benzene rings is 1. The van der Waals surface area contributed by atoms with E-state index in [1.807, 2.05) is 12.1 Å². The summed E-state index contributed by atoms with van der Waals surface area (Å²) in [6, 6.07) is 10.1. The Labute approximate surface area is 120 Å². The molecule has 0 bridgehead atoms. The van der Waals surface area contributed by atoms with Gasteiger partial charge < -0.3 is 15.5 Å². The number of carbonyl (C=O) groups excluding carboxylic acids is 1. The van der Waals surface area contributed by atoms with Crippen molar-refractivity contribution in [3.63, 3.8) is 0 Å². The molecule has 0 aliphatic carbocycles. The molecule has 0 atom stereocenters. The van der Waals surface area contributed by atoms with Crippen molar-refractivity contribution in [2.24, 2.45) is 0 Å². The number of hydrogen-bond donors (Lipinski definition) is 3. The van der Waals surface area contributed by atoms with E-state index in [1.54, 1.807) is 18.2 Å². The number of hydrogen-bond acceptors (Lipinski definition) is 4. The van der Waals surface area contributed by atoms with Crippen LogP contribution in [0, 0.1) is 11.8 Å². The molecular formula is C15H13NO3S. The van der Waals surface area contributed by atoms with E-state index in [9.17, 15) is 9.90 Å². The number of phenolic OH excluding ortho intramolecular Hbond substituents is 1. The number of carbonyl (C=O) groups is 1. The summed E-state index contributed by atoms with van der Waals surface area (Å²) in [5, 5.41) is 20.9. The van der Waals surface area contributed by atoms with Crippen molar-refractivity contribution in [2.45, 2.75) is 6.54 Å². The summed E-state index contributed by atoms with van der Waals surface area (Å²) in [5.41, 5.74) is 0.254. The Morgan fingerprint density at radius 3 is 2.80 bits per heavy atom. The highest BCUT2D eigenvalue weighted by atomic mass is 32.1. The Hall–Kier alpha value is -2.29. The van der Waals surface area contributed by atoms with Gasteiger partial charge in [0, 0.05) is 4.88 Å². The molecule has 0 aliphatic heterocycles. The topological polar surface area (TPSA) is 69.6 Å². The quantitative estimate of drug-likeness (QED) is 0.753. The molecule has 0 radical (unpaired) electrons. The molecular weight excluding hydrogens is 274 g/mol. The molecule has 1 aromatic carbocycles. The van der Waals surface area contributed by atoms with Gasteiger partial charge in [-0.25, -0.2) is 0 Å². The van der Waals surface area contributed by atoms with Crippen molar-refractivity contribution in [3.05, 3.63) is 51.7 Å². The third-order valence-electron chi connectivity index (χ3n) is 2.52. The van der Waals surface area contributed by atoms with Gasteiger partial charge in [-0.2, -0.15) is 0 Å². The van der Waals surface area contributed by atoms with Gasteiger partial charge in [0.2, 0.25) is 0 Å². The third-order valence-corrected chi connectivity index (χ3v) is 3.52. The molecule has 20 heavy (non-hydrogen) atoms. The molecule has 1 amide bonds. The summed E-state index contributed by atoms with van der Waals surface area (Å²) >= 11 is 1.45. The number of thiophene rings is 1. The van der Waals surface area contributed by atoms with Gasteiger partial charge in [-0.15, -0.1) is 11.3 Å². The molecule has 5 heteroatoms. The van der Waals surface area contributed by atoms with Gasteiger partial charge >= 0.3 is 0 Å². The van der Waals surface area contributed by atoms with Gasteiger partial charge in [-0.1, -0.05) is 24.0 Å². The molecule has 3 N–H and O–H groups in total. The van der Waals surface area contributed by atoms with Crippen LogP contribution in [-0.4, -0.2) is 22.7 Å². The Morgan fingerprint density at radius 2 is 2.05 bits per heavy atom. The van der Waals surface area contributed by atoms with E-state index < -0.39 is 0 Å². The van der Waals surface area contributed by atoms with Crippen molar-refractivity contribution in [2.75, 3.05) is 6.61 Å². The summed E-state index contributed by atoms with van der Waals surface area (Å²) in [4.78, 5) is 13.7. The minimum Gasteiger partial charge on any atom is -0.507 e. The fraction of sp³-hybridized carbons (Fsp3) is 0.133. The molecule has 0 spiro atoms. The zero-order valence-electron chi connectivity index (χ0n) is 10.6. The SMILES string of the molecule is O=C(NCc1ccc(C#CCO)s1)c1ccccc1O. The summed E-state index contributed by atoms with van der Waals surface area (Å²) in [7, 11) is 0. The summed E-state index contributed by atoms with van der Waals surface area (Å²) in [6.07, 6.45) is 0. The lowest BCUT2D eigenvalue weighted by Crippen LogP contribution is -2.22. The first-order chi connectivity index (χ1) is 9.70. The Kier molecular flexibility index (Phi) is 4.77. The lowest BCUT2D eigenvalue weighted by Gasteiger charge is -2.05. The van der Waals surface area contributed by atoms with Crippen LogP contribution in [0.25, 0.3) is 0 Å². The fourth-order valence-electron chi connectivity index (χ4n) is 1.60. The summed E-state index contributed by atoms with van der Waals surface area (Å²) in [5.74, 6) is 5.02. The monoisotopic (exact) mass is 287 g/mol. The van der Waals surface area contributed by atoms with Gasteiger partial charge in [-0.3, -0.25) is 4.79 Å². The predicted molar refractivity (Wildman–Crippen MR) is 77.6 cm³/mol. The van der Waals surface area contributed by atoms with E-state index in [4.69, 9.17) is 5.11 Å². The second-order valence-electron chi connectivity index (χ2n) is 3.93. The van der Waals surface area contributed by atoms with Crippen molar-refractivity contribution in [1.82, 2.24) is 5.32 Å². The third kappa shape index (κ3) is 3.60. The van der Waals surface area contributed by atoms with Crippen LogP contribution in [0.3, 0.4) is 0 Å². The minimum atomic E-state index is -0.320. The van der Waals surface area contributed by atoms with Crippen LogP contribution < -0.4 is 5.32 Å². The Bertz CT molecular complexity index is 667. The first-order valence-electron chi connectivity index (χ1n) is 5.95. The number of rotatable bonds is 3. The predicted octanol–water partition coefficient (Wildman–Crippen LogP) is 1.73. The first-order valence-corrected chi connectivity index (χ1v) is 6.77. The molecule has 4 nitrogen and oxygen atoms in total. The fourth-order valence-corrected chi connectivity index (χ4v) is 2.42. The van der Waals surface area contributed by atoms with E-state index in [2.05, 4.69) is 17.2 Å². The number of aromatic hydroxyl groups is 1. The van der Waals surface area contributed by atoms with Crippen molar-refractivity contribution in [3.8, 4) is 17.6 Å². The minimum absolute atomic E-state index is 0.0364. The van der Waals surface area contributed by atoms with Crippen LogP contribution >= 0.6 is 11.3 Å². The lowest BCUT2D eigenvalue weighted by molar-refractivity contribution is 0.0948. The molecule has 0 unspecified atom stereocenters. The van der Waals surface area contributed by atoms with Crippen molar-refractivity contribution < 1.29 is 15.0 Å². The zero-order valence-corrected chi connectivity index (χ0v) is 11.4. The van der Waals surface area contributed by atoms with Gasteiger partial charge in [0.25, 0.3) is 5.91 Å². The summed E-state index contributed by atoms with van der Waals surface area (Å²) < 4.78 is 0. The van der Waals surface area contributed by atoms with Crippen LogP contribution in [0.4, 0.5) is 0 Å². The molecule has 1 aromatic heterocycles. The molecule has 2 aromatic rings. The largest absolute Gasteiger partial charge is 0.507 e. The van der Waals surface area contributed by atoms with Crippen molar-refractivity contribution >= 4 is 17.2 Å². The first kappa shape index (κ1) is 14.1. The van der Waals surface area contributed by atoms with Gasteiger partial charge in [0.1, 0.15) is 12.4 Å².